The van der Waals surface area contributed by atoms with Gasteiger partial charge in [-0.15, -0.1) is 5.10 Å². The van der Waals surface area contributed by atoms with E-state index in [1.807, 2.05) is 0 Å². The van der Waals surface area contributed by atoms with Gasteiger partial charge in [-0.2, -0.15) is 5.10 Å². The van der Waals surface area contributed by atoms with E-state index in [1.165, 1.54) is 26.7 Å². The fourth-order valence-corrected chi connectivity index (χ4v) is 4.05. The fraction of sp³-hybridized carbons (Fsp3) is 0.611. The van der Waals surface area contributed by atoms with Crippen LogP contribution >= 0.6 is 0 Å². The minimum absolute atomic E-state index is 0.0426. The lowest BCUT2D eigenvalue weighted by Gasteiger charge is -2.23. The molecule has 2 aliphatic heterocycles. The third-order valence-corrected chi connectivity index (χ3v) is 5.43. The lowest BCUT2D eigenvalue weighted by Crippen LogP contribution is -2.39. The maximum Gasteiger partial charge on any atom is 0.276 e. The van der Waals surface area contributed by atoms with Crippen LogP contribution in [0.3, 0.4) is 0 Å². The van der Waals surface area contributed by atoms with Gasteiger partial charge in [0.25, 0.3) is 17.7 Å². The smallest absolute Gasteiger partial charge is 0.276 e. The fourth-order valence-electron chi connectivity index (χ4n) is 4.05. The van der Waals surface area contributed by atoms with Crippen LogP contribution in [-0.2, 0) is 13.6 Å². The maximum atomic E-state index is 14.1. The maximum absolute atomic E-state index is 14.1. The van der Waals surface area contributed by atoms with E-state index in [9.17, 15) is 18.4 Å². The van der Waals surface area contributed by atoms with E-state index in [4.69, 9.17) is 0 Å². The Balaban J connectivity index is 1.51. The molecule has 0 saturated carbocycles. The van der Waals surface area contributed by atoms with Crippen molar-refractivity contribution in [1.29, 1.82) is 0 Å². The van der Waals surface area contributed by atoms with Gasteiger partial charge in [-0.1, -0.05) is 5.21 Å². The van der Waals surface area contributed by atoms with Gasteiger partial charge < -0.3 is 9.80 Å². The Kier molecular flexibility index (Phi) is 4.83. The Morgan fingerprint density at radius 3 is 2.59 bits per heavy atom. The molecule has 156 valence electrons. The summed E-state index contributed by atoms with van der Waals surface area (Å²) in [7, 11) is 1.67. The monoisotopic (exact) mass is 407 g/mol. The molecule has 0 aromatic carbocycles. The third kappa shape index (κ3) is 3.85. The summed E-state index contributed by atoms with van der Waals surface area (Å²) in [5.74, 6) is -3.67. The normalized spacial score (nSPS) is 21.2. The number of aromatic nitrogens is 5. The second-order valence-electron chi connectivity index (χ2n) is 7.77. The summed E-state index contributed by atoms with van der Waals surface area (Å²) >= 11 is 0. The highest BCUT2D eigenvalue weighted by atomic mass is 19.3. The third-order valence-electron chi connectivity index (χ3n) is 5.43. The van der Waals surface area contributed by atoms with E-state index in [1.54, 1.807) is 18.9 Å². The highest BCUT2D eigenvalue weighted by molar-refractivity contribution is 5.95. The van der Waals surface area contributed by atoms with Crippen LogP contribution in [0.1, 0.15) is 45.8 Å². The zero-order chi connectivity index (χ0) is 20.8. The minimum Gasteiger partial charge on any atom is -0.337 e. The molecule has 0 aliphatic carbocycles. The van der Waals surface area contributed by atoms with Gasteiger partial charge in [-0.05, 0) is 19.8 Å². The lowest BCUT2D eigenvalue weighted by atomic mass is 10.1. The number of hydrogen-bond donors (Lipinski definition) is 0. The molecule has 1 unspecified atom stereocenters. The molecule has 2 aliphatic rings. The highest BCUT2D eigenvalue weighted by Crippen LogP contribution is 2.34. The number of carbonyl (C=O) groups excluding carboxylic acids is 2. The van der Waals surface area contributed by atoms with Crippen molar-refractivity contribution in [3.8, 4) is 0 Å². The van der Waals surface area contributed by atoms with E-state index >= 15 is 0 Å². The summed E-state index contributed by atoms with van der Waals surface area (Å²) < 4.78 is 31.1. The number of likely N-dealkylation sites (tertiary alicyclic amines) is 2. The van der Waals surface area contributed by atoms with Crippen LogP contribution in [0.5, 0.6) is 0 Å². The van der Waals surface area contributed by atoms with Crippen molar-refractivity contribution < 1.29 is 18.4 Å². The van der Waals surface area contributed by atoms with Crippen LogP contribution in [0, 0.1) is 6.92 Å². The van der Waals surface area contributed by atoms with Crippen LogP contribution in [0.2, 0.25) is 0 Å². The first-order chi connectivity index (χ1) is 13.7. The number of alkyl halides is 2. The van der Waals surface area contributed by atoms with Crippen molar-refractivity contribution in [3.63, 3.8) is 0 Å². The van der Waals surface area contributed by atoms with E-state index in [-0.39, 0.29) is 18.1 Å². The highest BCUT2D eigenvalue weighted by Gasteiger charge is 2.47. The average Bonchev–Trinajstić information content (AvgIpc) is 3.42. The standard InChI is InChI=1S/C18H23F2N7O2/c1-12-14(9-24(2)22-12)16(28)27-11-18(19,20)7-13(27)8-26-10-15(21-23-26)17(29)25-5-3-4-6-25/h9-10,13H,3-8,11H2,1-2H3. The summed E-state index contributed by atoms with van der Waals surface area (Å²) in [4.78, 5) is 28.2. The molecule has 2 saturated heterocycles. The molecule has 9 nitrogen and oxygen atoms in total. The largest absolute Gasteiger partial charge is 0.337 e. The van der Waals surface area contributed by atoms with Crippen LogP contribution in [-0.4, -0.2) is 78.0 Å². The van der Waals surface area contributed by atoms with Gasteiger partial charge in [-0.25, -0.2) is 13.5 Å². The first-order valence-electron chi connectivity index (χ1n) is 9.62. The first-order valence-corrected chi connectivity index (χ1v) is 9.62. The summed E-state index contributed by atoms with van der Waals surface area (Å²) in [6.07, 6.45) is 4.46. The zero-order valence-corrected chi connectivity index (χ0v) is 16.4. The van der Waals surface area contributed by atoms with Crippen molar-refractivity contribution in [3.05, 3.63) is 29.3 Å². The number of hydrogen-bond acceptors (Lipinski definition) is 5. The van der Waals surface area contributed by atoms with Gasteiger partial charge in [0.15, 0.2) is 5.69 Å². The first kappa shape index (κ1) is 19.5. The zero-order valence-electron chi connectivity index (χ0n) is 16.4. The molecule has 29 heavy (non-hydrogen) atoms. The molecule has 0 radical (unpaired) electrons. The van der Waals surface area contributed by atoms with Crippen LogP contribution in [0.25, 0.3) is 0 Å². The number of nitrogens with zero attached hydrogens (tertiary/aromatic N) is 7. The Bertz CT molecular complexity index is 933. The molecule has 1 atom stereocenters. The molecule has 2 amide bonds. The van der Waals surface area contributed by atoms with Crippen molar-refractivity contribution in [2.75, 3.05) is 19.6 Å². The summed E-state index contributed by atoms with van der Waals surface area (Å²) in [5.41, 5.74) is 0.988. The van der Waals surface area contributed by atoms with Gasteiger partial charge >= 0.3 is 0 Å². The van der Waals surface area contributed by atoms with Gasteiger partial charge in [0.2, 0.25) is 0 Å². The summed E-state index contributed by atoms with van der Waals surface area (Å²) in [5, 5.41) is 12.0. The van der Waals surface area contributed by atoms with Crippen molar-refractivity contribution in [2.45, 2.75) is 44.7 Å². The van der Waals surface area contributed by atoms with Gasteiger partial charge in [0.05, 0.1) is 36.6 Å². The molecule has 2 aromatic heterocycles. The predicted molar refractivity (Wildman–Crippen MR) is 97.5 cm³/mol. The van der Waals surface area contributed by atoms with Crippen molar-refractivity contribution in [1.82, 2.24) is 34.6 Å². The van der Waals surface area contributed by atoms with E-state index in [0.29, 0.717) is 24.3 Å². The summed E-state index contributed by atoms with van der Waals surface area (Å²) in [6.45, 7) is 2.44. The quantitative estimate of drug-likeness (QED) is 0.758. The number of carbonyl (C=O) groups is 2. The molecule has 0 bridgehead atoms. The molecule has 0 N–H and O–H groups in total. The van der Waals surface area contributed by atoms with Crippen LogP contribution in [0.4, 0.5) is 8.78 Å². The van der Waals surface area contributed by atoms with E-state index < -0.39 is 30.8 Å². The molecule has 4 rings (SSSR count). The molecule has 11 heteroatoms. The SMILES string of the molecule is Cc1nn(C)cc1C(=O)N1CC(F)(F)CC1Cn1cc(C(=O)N2CCCC2)nn1. The molecule has 0 spiro atoms. The minimum atomic E-state index is -2.98. The molecular formula is C18H23F2N7O2. The number of halogens is 2. The Morgan fingerprint density at radius 2 is 1.93 bits per heavy atom. The van der Waals surface area contributed by atoms with E-state index in [2.05, 4.69) is 15.4 Å². The molecule has 4 heterocycles. The number of amides is 2. The van der Waals surface area contributed by atoms with Crippen LogP contribution in [0.15, 0.2) is 12.4 Å². The van der Waals surface area contributed by atoms with Gasteiger partial charge in [0.1, 0.15) is 0 Å². The Labute approximate surface area is 166 Å². The van der Waals surface area contributed by atoms with Gasteiger partial charge in [-0.3, -0.25) is 14.3 Å². The number of rotatable bonds is 4. The molecular weight excluding hydrogens is 384 g/mol. The Morgan fingerprint density at radius 1 is 1.21 bits per heavy atom. The Hall–Kier alpha value is -2.85. The second kappa shape index (κ2) is 7.20. The molecule has 2 aromatic rings. The predicted octanol–water partition coefficient (Wildman–Crippen LogP) is 1.11. The summed E-state index contributed by atoms with van der Waals surface area (Å²) in [6, 6.07) is -0.756. The lowest BCUT2D eigenvalue weighted by molar-refractivity contribution is 0.0117. The average molecular weight is 407 g/mol. The van der Waals surface area contributed by atoms with E-state index in [0.717, 1.165) is 12.8 Å². The van der Waals surface area contributed by atoms with Crippen molar-refractivity contribution >= 4 is 11.8 Å². The van der Waals surface area contributed by atoms with Crippen molar-refractivity contribution in [2.24, 2.45) is 7.05 Å². The topological polar surface area (TPSA) is 89.2 Å². The van der Waals surface area contributed by atoms with Gasteiger partial charge in [0, 0.05) is 32.8 Å². The number of aryl methyl sites for hydroxylation is 2. The molecule has 2 fully saturated rings. The van der Waals surface area contributed by atoms with Crippen LogP contribution < -0.4 is 0 Å². The second-order valence-corrected chi connectivity index (χ2v) is 7.77.